The predicted molar refractivity (Wildman–Crippen MR) is 99.4 cm³/mol. The Morgan fingerprint density at radius 2 is 2.08 bits per heavy atom. The molecule has 0 saturated heterocycles. The lowest BCUT2D eigenvalue weighted by molar-refractivity contribution is 0.0565. The molecule has 0 spiro atoms. The van der Waals surface area contributed by atoms with Crippen molar-refractivity contribution in [3.05, 3.63) is 42.1 Å². The number of urea groups is 1. The fraction of sp³-hybridized carbons (Fsp3) is 0.500. The molecule has 1 aliphatic carbocycles. The zero-order valence-corrected chi connectivity index (χ0v) is 14.8. The number of nitrogens with zero attached hydrogens (tertiary/aromatic N) is 2. The first-order valence-corrected chi connectivity index (χ1v) is 9.15. The first-order chi connectivity index (χ1) is 12.1. The summed E-state index contributed by atoms with van der Waals surface area (Å²) in [7, 11) is 1.80. The van der Waals surface area contributed by atoms with E-state index in [1.807, 2.05) is 24.3 Å². The highest BCUT2D eigenvalue weighted by Crippen LogP contribution is 2.24. The zero-order valence-electron chi connectivity index (χ0n) is 14.8. The van der Waals surface area contributed by atoms with Gasteiger partial charge in [0.25, 0.3) is 0 Å². The summed E-state index contributed by atoms with van der Waals surface area (Å²) in [5, 5.41) is 14.2. The maximum atomic E-state index is 12.3. The lowest BCUT2D eigenvalue weighted by Crippen LogP contribution is -2.43. The fourth-order valence-corrected chi connectivity index (χ4v) is 3.64. The van der Waals surface area contributed by atoms with Crippen molar-refractivity contribution in [3.8, 4) is 0 Å². The molecule has 1 heterocycles. The largest absolute Gasteiger partial charge is 0.393 e. The number of carbonyl (C=O) groups excluding carboxylic acids is 1. The van der Waals surface area contributed by atoms with Crippen molar-refractivity contribution in [2.75, 3.05) is 20.1 Å². The molecule has 3 rings (SSSR count). The minimum absolute atomic E-state index is 0.0778. The number of benzene rings is 1. The van der Waals surface area contributed by atoms with E-state index in [1.54, 1.807) is 18.1 Å². The summed E-state index contributed by atoms with van der Waals surface area (Å²) in [5.74, 6) is 0.201. The lowest BCUT2D eigenvalue weighted by atomic mass is 9.86. The van der Waals surface area contributed by atoms with Crippen LogP contribution in [0.4, 0.5) is 4.79 Å². The van der Waals surface area contributed by atoms with E-state index >= 15 is 0 Å². The quantitative estimate of drug-likeness (QED) is 0.879. The summed E-state index contributed by atoms with van der Waals surface area (Å²) >= 11 is 0. The van der Waals surface area contributed by atoms with Gasteiger partial charge in [-0.25, -0.2) is 4.79 Å². The number of aliphatic hydroxyl groups is 1. The van der Waals surface area contributed by atoms with Gasteiger partial charge < -0.3 is 15.3 Å². The number of hydrogen-bond acceptors (Lipinski definition) is 3. The molecule has 0 radical (unpaired) electrons. The van der Waals surface area contributed by atoms with Crippen LogP contribution in [0.25, 0.3) is 10.9 Å². The van der Waals surface area contributed by atoms with Crippen LogP contribution in [0.3, 0.4) is 0 Å². The predicted octanol–water partition coefficient (Wildman–Crippen LogP) is 2.97. The van der Waals surface area contributed by atoms with E-state index in [1.165, 1.54) is 0 Å². The van der Waals surface area contributed by atoms with E-state index in [-0.39, 0.29) is 18.1 Å². The van der Waals surface area contributed by atoms with Gasteiger partial charge in [0.05, 0.1) is 11.6 Å². The number of carbonyl (C=O) groups is 1. The molecule has 25 heavy (non-hydrogen) atoms. The third-order valence-electron chi connectivity index (χ3n) is 5.11. The van der Waals surface area contributed by atoms with Crippen LogP contribution in [-0.4, -0.2) is 47.3 Å². The van der Waals surface area contributed by atoms with Gasteiger partial charge in [-0.1, -0.05) is 37.1 Å². The van der Waals surface area contributed by atoms with E-state index in [9.17, 15) is 9.90 Å². The highest BCUT2D eigenvalue weighted by Gasteiger charge is 2.25. The molecule has 1 fully saturated rings. The molecule has 0 aliphatic heterocycles. The highest BCUT2D eigenvalue weighted by molar-refractivity contribution is 5.81. The number of rotatable bonds is 5. The topological polar surface area (TPSA) is 65.5 Å². The summed E-state index contributed by atoms with van der Waals surface area (Å²) in [6.07, 6.45) is 6.37. The third kappa shape index (κ3) is 4.48. The molecule has 0 unspecified atom stereocenters. The summed E-state index contributed by atoms with van der Waals surface area (Å²) in [6, 6.07) is 10.0. The van der Waals surface area contributed by atoms with E-state index < -0.39 is 0 Å². The highest BCUT2D eigenvalue weighted by atomic mass is 16.3. The average Bonchev–Trinajstić information content (AvgIpc) is 2.63. The molecule has 5 heteroatoms. The number of hydrogen-bond donors (Lipinski definition) is 2. The van der Waals surface area contributed by atoms with Crippen molar-refractivity contribution in [1.82, 2.24) is 15.2 Å². The van der Waals surface area contributed by atoms with Crippen molar-refractivity contribution in [2.45, 2.75) is 38.2 Å². The van der Waals surface area contributed by atoms with Gasteiger partial charge in [-0.3, -0.25) is 4.98 Å². The zero-order chi connectivity index (χ0) is 17.6. The Labute approximate surface area is 149 Å². The molecule has 2 amide bonds. The Balaban J connectivity index is 1.50. The van der Waals surface area contributed by atoms with Crippen molar-refractivity contribution in [1.29, 1.82) is 0 Å². The summed E-state index contributed by atoms with van der Waals surface area (Å²) in [6.45, 7) is 1.19. The smallest absolute Gasteiger partial charge is 0.317 e. The van der Waals surface area contributed by atoms with Gasteiger partial charge in [0.1, 0.15) is 0 Å². The molecule has 1 aromatic carbocycles. The van der Waals surface area contributed by atoms with Gasteiger partial charge in [0, 0.05) is 37.6 Å². The number of pyridine rings is 1. The van der Waals surface area contributed by atoms with Crippen LogP contribution in [0, 0.1) is 5.92 Å². The molecule has 134 valence electrons. The van der Waals surface area contributed by atoms with Crippen LogP contribution >= 0.6 is 0 Å². The van der Waals surface area contributed by atoms with Crippen LogP contribution in [0.5, 0.6) is 0 Å². The Hall–Kier alpha value is -2.14. The molecule has 2 atom stereocenters. The van der Waals surface area contributed by atoms with Gasteiger partial charge in [-0.2, -0.15) is 0 Å². The minimum atomic E-state index is -0.272. The van der Waals surface area contributed by atoms with E-state index in [2.05, 4.69) is 16.4 Å². The standard InChI is InChI=1S/C20H27N3O2/c1-23(14-17-6-2-3-10-18(17)24)20(25)22-13-11-16-8-4-7-15-9-5-12-21-19(15)16/h4-5,7-9,12,17-18,24H,2-3,6,10-11,13-14H2,1H3,(H,22,25)/t17-,18-/m1/s1. The fourth-order valence-electron chi connectivity index (χ4n) is 3.64. The molecule has 1 saturated carbocycles. The Morgan fingerprint density at radius 1 is 1.28 bits per heavy atom. The number of para-hydroxylation sites is 1. The van der Waals surface area contributed by atoms with Crippen molar-refractivity contribution in [2.24, 2.45) is 5.92 Å². The summed E-state index contributed by atoms with van der Waals surface area (Å²) in [4.78, 5) is 18.4. The molecular formula is C20H27N3O2. The van der Waals surface area contributed by atoms with Crippen molar-refractivity contribution < 1.29 is 9.90 Å². The molecule has 0 bridgehead atoms. The van der Waals surface area contributed by atoms with Crippen LogP contribution in [-0.2, 0) is 6.42 Å². The molecular weight excluding hydrogens is 314 g/mol. The van der Waals surface area contributed by atoms with Gasteiger partial charge in [-0.15, -0.1) is 0 Å². The van der Waals surface area contributed by atoms with Crippen LogP contribution in [0.2, 0.25) is 0 Å². The first kappa shape index (κ1) is 17.7. The number of aromatic nitrogens is 1. The van der Waals surface area contributed by atoms with Crippen LogP contribution in [0.15, 0.2) is 36.5 Å². The minimum Gasteiger partial charge on any atom is -0.393 e. The maximum Gasteiger partial charge on any atom is 0.317 e. The van der Waals surface area contributed by atoms with Crippen LogP contribution in [0.1, 0.15) is 31.2 Å². The number of nitrogens with one attached hydrogen (secondary N) is 1. The van der Waals surface area contributed by atoms with Crippen molar-refractivity contribution >= 4 is 16.9 Å². The van der Waals surface area contributed by atoms with E-state index in [0.717, 1.165) is 48.6 Å². The molecule has 1 aliphatic rings. The van der Waals surface area contributed by atoms with Gasteiger partial charge in [0.2, 0.25) is 0 Å². The number of fused-ring (bicyclic) bond motifs is 1. The second kappa shape index (κ2) is 8.30. The van der Waals surface area contributed by atoms with Crippen molar-refractivity contribution in [3.63, 3.8) is 0 Å². The number of amides is 2. The molecule has 5 nitrogen and oxygen atoms in total. The van der Waals surface area contributed by atoms with E-state index in [0.29, 0.717) is 13.1 Å². The molecule has 1 aromatic heterocycles. The second-order valence-electron chi connectivity index (χ2n) is 6.97. The SMILES string of the molecule is CN(C[C@H]1CCCC[C@H]1O)C(=O)NCCc1cccc2cccnc12. The normalized spacial score (nSPS) is 20.4. The first-order valence-electron chi connectivity index (χ1n) is 9.15. The Bertz CT molecular complexity index is 714. The monoisotopic (exact) mass is 341 g/mol. The third-order valence-corrected chi connectivity index (χ3v) is 5.11. The maximum absolute atomic E-state index is 12.3. The lowest BCUT2D eigenvalue weighted by Gasteiger charge is -2.31. The Morgan fingerprint density at radius 3 is 2.92 bits per heavy atom. The Kier molecular flexibility index (Phi) is 5.87. The molecule has 2 N–H and O–H groups in total. The summed E-state index contributed by atoms with van der Waals surface area (Å²) < 4.78 is 0. The van der Waals surface area contributed by atoms with E-state index in [4.69, 9.17) is 0 Å². The molecule has 2 aromatic rings. The van der Waals surface area contributed by atoms with Crippen LogP contribution < -0.4 is 5.32 Å². The summed E-state index contributed by atoms with van der Waals surface area (Å²) in [5.41, 5.74) is 2.14. The van der Waals surface area contributed by atoms with Gasteiger partial charge >= 0.3 is 6.03 Å². The van der Waals surface area contributed by atoms with Gasteiger partial charge in [0.15, 0.2) is 0 Å². The second-order valence-corrected chi connectivity index (χ2v) is 6.97. The van der Waals surface area contributed by atoms with Gasteiger partial charge in [-0.05, 0) is 30.9 Å². The average molecular weight is 341 g/mol. The number of aliphatic hydroxyl groups excluding tert-OH is 1.